The highest BCUT2D eigenvalue weighted by molar-refractivity contribution is 5.99. The van der Waals surface area contributed by atoms with Crippen molar-refractivity contribution in [2.24, 2.45) is 0 Å². The van der Waals surface area contributed by atoms with Crippen molar-refractivity contribution in [2.45, 2.75) is 50.4 Å². The number of nitrogens with one attached hydrogen (secondary N) is 1. The van der Waals surface area contributed by atoms with Crippen LogP contribution in [0.2, 0.25) is 0 Å². The number of likely N-dealkylation sites (tertiary alicyclic amines) is 1. The number of benzene rings is 2. The van der Waals surface area contributed by atoms with Crippen molar-refractivity contribution in [2.75, 3.05) is 51.9 Å². The average molecular weight is 467 g/mol. The summed E-state index contributed by atoms with van der Waals surface area (Å²) in [4.78, 5) is 16.0. The van der Waals surface area contributed by atoms with Crippen LogP contribution in [0.25, 0.3) is 0 Å². The zero-order chi connectivity index (χ0) is 23.6. The van der Waals surface area contributed by atoms with Crippen LogP contribution in [-0.2, 0) is 14.9 Å². The molecule has 34 heavy (non-hydrogen) atoms. The van der Waals surface area contributed by atoms with Crippen LogP contribution in [0, 0.1) is 0 Å². The lowest BCUT2D eigenvalue weighted by Gasteiger charge is -2.36. The van der Waals surface area contributed by atoms with Crippen LogP contribution in [0.4, 0.5) is 5.69 Å². The molecule has 184 valence electrons. The number of carbonyl (C=O) groups excluding carboxylic acids is 1. The second kappa shape index (κ2) is 12.2. The van der Waals surface area contributed by atoms with E-state index in [0.29, 0.717) is 32.7 Å². The monoisotopic (exact) mass is 466 g/mol. The Balaban J connectivity index is 1.31. The van der Waals surface area contributed by atoms with Gasteiger partial charge < -0.3 is 24.4 Å². The summed E-state index contributed by atoms with van der Waals surface area (Å²) in [5.41, 5.74) is 1.17. The van der Waals surface area contributed by atoms with Crippen LogP contribution in [0.1, 0.15) is 50.5 Å². The molecule has 0 saturated carbocycles. The minimum absolute atomic E-state index is 0.00656. The normalized spacial score (nSPS) is 18.6. The van der Waals surface area contributed by atoms with E-state index in [1.165, 1.54) is 38.8 Å². The first-order valence-electron chi connectivity index (χ1n) is 12.7. The van der Waals surface area contributed by atoms with Crippen LogP contribution in [0.3, 0.4) is 0 Å². The van der Waals surface area contributed by atoms with E-state index in [0.717, 1.165) is 35.7 Å². The van der Waals surface area contributed by atoms with Crippen molar-refractivity contribution >= 4 is 11.6 Å². The molecule has 1 amide bonds. The average Bonchev–Trinajstić information content (AvgIpc) is 3.17. The van der Waals surface area contributed by atoms with Crippen LogP contribution in [0.5, 0.6) is 11.5 Å². The van der Waals surface area contributed by atoms with Crippen molar-refractivity contribution in [1.29, 1.82) is 0 Å². The minimum Gasteiger partial charge on any atom is -0.497 e. The fourth-order valence-electron chi connectivity index (χ4n) is 5.00. The third kappa shape index (κ3) is 6.30. The lowest BCUT2D eigenvalue weighted by molar-refractivity contribution is -0.125. The molecular formula is C28H38N2O4. The van der Waals surface area contributed by atoms with Gasteiger partial charge in [-0.3, -0.25) is 4.79 Å². The summed E-state index contributed by atoms with van der Waals surface area (Å²) in [5, 5.41) is 3.13. The SMILES string of the molecule is COc1ccc(C2(C(=O)Nc3ccc(OCCCN4CCCCCC4)cc3)CCOCC2)cc1. The van der Waals surface area contributed by atoms with Gasteiger partial charge in [0.2, 0.25) is 5.91 Å². The van der Waals surface area contributed by atoms with E-state index < -0.39 is 5.41 Å². The Bertz CT molecular complexity index is 884. The summed E-state index contributed by atoms with van der Waals surface area (Å²) in [6.07, 6.45) is 7.72. The summed E-state index contributed by atoms with van der Waals surface area (Å²) < 4.78 is 16.8. The predicted octanol–water partition coefficient (Wildman–Crippen LogP) is 5.03. The first-order valence-corrected chi connectivity index (χ1v) is 12.7. The highest BCUT2D eigenvalue weighted by atomic mass is 16.5. The molecule has 1 N–H and O–H groups in total. The lowest BCUT2D eigenvalue weighted by atomic mass is 9.73. The van der Waals surface area contributed by atoms with Crippen LogP contribution in [0.15, 0.2) is 48.5 Å². The third-order valence-electron chi connectivity index (χ3n) is 7.12. The van der Waals surface area contributed by atoms with Crippen molar-refractivity contribution in [1.82, 2.24) is 4.90 Å². The summed E-state index contributed by atoms with van der Waals surface area (Å²) in [6.45, 7) is 5.40. The summed E-state index contributed by atoms with van der Waals surface area (Å²) in [5.74, 6) is 1.63. The van der Waals surface area contributed by atoms with Gasteiger partial charge in [0.15, 0.2) is 0 Å². The molecule has 0 aliphatic carbocycles. The Kier molecular flexibility index (Phi) is 8.83. The quantitative estimate of drug-likeness (QED) is 0.526. The lowest BCUT2D eigenvalue weighted by Crippen LogP contribution is -2.44. The van der Waals surface area contributed by atoms with Gasteiger partial charge in [-0.1, -0.05) is 25.0 Å². The summed E-state index contributed by atoms with van der Waals surface area (Å²) in [6, 6.07) is 15.5. The smallest absolute Gasteiger partial charge is 0.235 e. The van der Waals surface area contributed by atoms with Crippen LogP contribution in [-0.4, -0.2) is 57.4 Å². The molecule has 0 atom stereocenters. The molecule has 6 nitrogen and oxygen atoms in total. The van der Waals surface area contributed by atoms with Crippen molar-refractivity contribution < 1.29 is 19.0 Å². The van der Waals surface area contributed by atoms with Gasteiger partial charge in [0.1, 0.15) is 11.5 Å². The van der Waals surface area contributed by atoms with Gasteiger partial charge in [0.05, 0.1) is 19.1 Å². The minimum atomic E-state index is -0.604. The van der Waals surface area contributed by atoms with Gasteiger partial charge >= 0.3 is 0 Å². The standard InChI is InChI=1S/C28H38N2O4/c1-32-25-11-7-23(8-12-25)28(15-21-33-22-16-28)27(31)29-24-9-13-26(14-10-24)34-20-6-19-30-17-4-2-3-5-18-30/h7-14H,2-6,15-22H2,1H3,(H,29,31). The molecule has 2 saturated heterocycles. The highest BCUT2D eigenvalue weighted by Gasteiger charge is 2.41. The third-order valence-corrected chi connectivity index (χ3v) is 7.12. The first kappa shape index (κ1) is 24.6. The van der Waals surface area contributed by atoms with Gasteiger partial charge in [0, 0.05) is 25.4 Å². The zero-order valence-electron chi connectivity index (χ0n) is 20.4. The van der Waals surface area contributed by atoms with E-state index in [4.69, 9.17) is 14.2 Å². The van der Waals surface area contributed by atoms with Crippen molar-refractivity contribution in [3.05, 3.63) is 54.1 Å². The molecule has 0 spiro atoms. The van der Waals surface area contributed by atoms with Crippen LogP contribution < -0.4 is 14.8 Å². The molecule has 2 aliphatic heterocycles. The van der Waals surface area contributed by atoms with E-state index in [9.17, 15) is 4.79 Å². The Hall–Kier alpha value is -2.57. The molecular weight excluding hydrogens is 428 g/mol. The van der Waals surface area contributed by atoms with E-state index in [1.54, 1.807) is 7.11 Å². The Morgan fingerprint density at radius 1 is 0.941 bits per heavy atom. The number of methoxy groups -OCH3 is 1. The maximum Gasteiger partial charge on any atom is 0.235 e. The fourth-order valence-corrected chi connectivity index (χ4v) is 5.00. The van der Waals surface area contributed by atoms with Gasteiger partial charge in [-0.15, -0.1) is 0 Å². The van der Waals surface area contributed by atoms with Gasteiger partial charge in [-0.2, -0.15) is 0 Å². The number of rotatable bonds is 9. The topological polar surface area (TPSA) is 60.0 Å². The predicted molar refractivity (Wildman–Crippen MR) is 135 cm³/mol. The van der Waals surface area contributed by atoms with Crippen LogP contribution >= 0.6 is 0 Å². The van der Waals surface area contributed by atoms with Gasteiger partial charge in [-0.25, -0.2) is 0 Å². The van der Waals surface area contributed by atoms with Gasteiger partial charge in [0.25, 0.3) is 0 Å². The van der Waals surface area contributed by atoms with E-state index in [-0.39, 0.29) is 5.91 Å². The van der Waals surface area contributed by atoms with Crippen molar-refractivity contribution in [3.63, 3.8) is 0 Å². The molecule has 2 heterocycles. The molecule has 0 aromatic heterocycles. The molecule has 4 rings (SSSR count). The number of hydrogen-bond acceptors (Lipinski definition) is 5. The highest BCUT2D eigenvalue weighted by Crippen LogP contribution is 2.37. The maximum absolute atomic E-state index is 13.5. The molecule has 2 aromatic carbocycles. The maximum atomic E-state index is 13.5. The number of carbonyl (C=O) groups is 1. The van der Waals surface area contributed by atoms with E-state index in [1.807, 2.05) is 48.5 Å². The molecule has 2 fully saturated rings. The first-order chi connectivity index (χ1) is 16.7. The molecule has 2 aromatic rings. The summed E-state index contributed by atoms with van der Waals surface area (Å²) >= 11 is 0. The Morgan fingerprint density at radius 2 is 1.59 bits per heavy atom. The number of nitrogens with zero attached hydrogens (tertiary/aromatic N) is 1. The van der Waals surface area contributed by atoms with Crippen molar-refractivity contribution in [3.8, 4) is 11.5 Å². The molecule has 0 unspecified atom stereocenters. The van der Waals surface area contributed by atoms with E-state index >= 15 is 0 Å². The molecule has 6 heteroatoms. The second-order valence-corrected chi connectivity index (χ2v) is 9.36. The summed E-state index contributed by atoms with van der Waals surface area (Å²) in [7, 11) is 1.65. The molecule has 2 aliphatic rings. The van der Waals surface area contributed by atoms with Gasteiger partial charge in [-0.05, 0) is 87.2 Å². The molecule has 0 radical (unpaired) electrons. The zero-order valence-corrected chi connectivity index (χ0v) is 20.4. The van der Waals surface area contributed by atoms with E-state index in [2.05, 4.69) is 10.2 Å². The number of ether oxygens (including phenoxy) is 3. The second-order valence-electron chi connectivity index (χ2n) is 9.36. The number of hydrogen-bond donors (Lipinski definition) is 1. The largest absolute Gasteiger partial charge is 0.497 e. The number of anilines is 1. The molecule has 0 bridgehead atoms. The fraction of sp³-hybridized carbons (Fsp3) is 0.536. The Morgan fingerprint density at radius 3 is 2.24 bits per heavy atom. The Labute approximate surface area is 203 Å². The number of amides is 1.